The molecule has 1 aromatic heterocycles. The summed E-state index contributed by atoms with van der Waals surface area (Å²) in [5.41, 5.74) is -0.723. The fourth-order valence-electron chi connectivity index (χ4n) is 1.46. The molecule has 0 aliphatic rings. The number of hydrogen-bond donors (Lipinski definition) is 2. The van der Waals surface area contributed by atoms with Crippen molar-refractivity contribution in [1.29, 1.82) is 0 Å². The summed E-state index contributed by atoms with van der Waals surface area (Å²) in [7, 11) is 1.54. The van der Waals surface area contributed by atoms with E-state index in [2.05, 4.69) is 15.6 Å². The molecule has 114 valence electrons. The number of halogens is 3. The van der Waals surface area contributed by atoms with E-state index < -0.39 is 11.7 Å². The highest BCUT2D eigenvalue weighted by molar-refractivity contribution is 5.49. The van der Waals surface area contributed by atoms with Crippen molar-refractivity contribution < 1.29 is 17.9 Å². The van der Waals surface area contributed by atoms with Crippen LogP contribution in [0.25, 0.3) is 0 Å². The number of nitrogens with zero attached hydrogens (tertiary/aromatic N) is 1. The molecule has 1 unspecified atom stereocenters. The van der Waals surface area contributed by atoms with Crippen molar-refractivity contribution in [1.82, 2.24) is 4.98 Å². The van der Waals surface area contributed by atoms with Gasteiger partial charge in [0.05, 0.1) is 11.7 Å². The Bertz CT molecular complexity index is 424. The molecule has 1 atom stereocenters. The Balaban J connectivity index is 2.91. The van der Waals surface area contributed by atoms with E-state index in [0.29, 0.717) is 13.1 Å². The van der Waals surface area contributed by atoms with Gasteiger partial charge in [0.1, 0.15) is 11.6 Å². The van der Waals surface area contributed by atoms with Crippen molar-refractivity contribution in [2.24, 2.45) is 0 Å². The zero-order valence-corrected chi connectivity index (χ0v) is 11.8. The summed E-state index contributed by atoms with van der Waals surface area (Å²) in [6.45, 7) is 4.71. The summed E-state index contributed by atoms with van der Waals surface area (Å²) < 4.78 is 43.5. The first kappa shape index (κ1) is 16.6. The highest BCUT2D eigenvalue weighted by atomic mass is 19.4. The zero-order chi connectivity index (χ0) is 15.2. The monoisotopic (exact) mass is 291 g/mol. The zero-order valence-electron chi connectivity index (χ0n) is 11.8. The van der Waals surface area contributed by atoms with Gasteiger partial charge >= 0.3 is 6.18 Å². The van der Waals surface area contributed by atoms with E-state index in [1.165, 1.54) is 0 Å². The van der Waals surface area contributed by atoms with Crippen LogP contribution in [0.1, 0.15) is 25.8 Å². The summed E-state index contributed by atoms with van der Waals surface area (Å²) in [6.07, 6.45) is -3.70. The van der Waals surface area contributed by atoms with Crippen LogP contribution in [0.4, 0.5) is 24.8 Å². The molecule has 4 nitrogen and oxygen atoms in total. The van der Waals surface area contributed by atoms with Gasteiger partial charge in [-0.05, 0) is 25.5 Å². The van der Waals surface area contributed by atoms with Crippen LogP contribution in [0.3, 0.4) is 0 Å². The van der Waals surface area contributed by atoms with Crippen LogP contribution in [0.5, 0.6) is 0 Å². The lowest BCUT2D eigenvalue weighted by Crippen LogP contribution is -2.19. The molecular weight excluding hydrogens is 271 g/mol. The molecule has 0 aromatic carbocycles. The molecule has 0 saturated heterocycles. The smallest absolute Gasteiger partial charge is 0.380 e. The molecule has 0 saturated carbocycles. The van der Waals surface area contributed by atoms with Crippen molar-refractivity contribution in [3.8, 4) is 0 Å². The van der Waals surface area contributed by atoms with Gasteiger partial charge in [0.25, 0.3) is 0 Å². The molecule has 0 aliphatic carbocycles. The topological polar surface area (TPSA) is 46.2 Å². The number of hydrogen-bond acceptors (Lipinski definition) is 4. The number of anilines is 2. The van der Waals surface area contributed by atoms with Crippen molar-refractivity contribution >= 4 is 11.6 Å². The second-order valence-electron chi connectivity index (χ2n) is 4.48. The molecule has 1 heterocycles. The van der Waals surface area contributed by atoms with Crippen LogP contribution in [0.15, 0.2) is 12.1 Å². The minimum atomic E-state index is -4.39. The van der Waals surface area contributed by atoms with Gasteiger partial charge in [-0.25, -0.2) is 4.98 Å². The normalized spacial score (nSPS) is 13.1. The number of alkyl halides is 3. The van der Waals surface area contributed by atoms with E-state index in [1.807, 2.05) is 13.8 Å². The molecule has 1 aromatic rings. The quantitative estimate of drug-likeness (QED) is 0.808. The van der Waals surface area contributed by atoms with Gasteiger partial charge in [0.2, 0.25) is 0 Å². The maximum Gasteiger partial charge on any atom is 0.416 e. The largest absolute Gasteiger partial charge is 0.416 e. The fourth-order valence-corrected chi connectivity index (χ4v) is 1.46. The molecule has 2 N–H and O–H groups in total. The fraction of sp³-hybridized carbons (Fsp3) is 0.615. The Morgan fingerprint density at radius 3 is 2.35 bits per heavy atom. The first-order valence-corrected chi connectivity index (χ1v) is 6.46. The minimum Gasteiger partial charge on any atom is -0.380 e. The molecule has 0 fully saturated rings. The summed E-state index contributed by atoms with van der Waals surface area (Å²) in [6, 6.07) is 2.01. The molecule has 0 radical (unpaired) electrons. The van der Waals surface area contributed by atoms with Gasteiger partial charge in [0.15, 0.2) is 0 Å². The molecule has 1 rings (SSSR count). The predicted octanol–water partition coefficient (Wildman–Crippen LogP) is 3.37. The highest BCUT2D eigenvalue weighted by Crippen LogP contribution is 2.32. The SMILES string of the molecule is CCCNc1cc(C(F)(F)F)cc(NCC(C)OC)n1. The Morgan fingerprint density at radius 2 is 1.85 bits per heavy atom. The van der Waals surface area contributed by atoms with E-state index in [4.69, 9.17) is 4.74 Å². The lowest BCUT2D eigenvalue weighted by atomic mass is 10.2. The van der Waals surface area contributed by atoms with Crippen molar-refractivity contribution in [2.45, 2.75) is 32.5 Å². The Kier molecular flexibility index (Phi) is 6.06. The summed E-state index contributed by atoms with van der Waals surface area (Å²) in [5, 5.41) is 5.72. The van der Waals surface area contributed by atoms with Crippen LogP contribution in [0.2, 0.25) is 0 Å². The van der Waals surface area contributed by atoms with Crippen LogP contribution in [-0.2, 0) is 10.9 Å². The third kappa shape index (κ3) is 5.24. The van der Waals surface area contributed by atoms with Crippen molar-refractivity contribution in [2.75, 3.05) is 30.8 Å². The maximum atomic E-state index is 12.8. The second kappa shape index (κ2) is 7.33. The summed E-state index contributed by atoms with van der Waals surface area (Å²) >= 11 is 0. The lowest BCUT2D eigenvalue weighted by molar-refractivity contribution is -0.137. The van der Waals surface area contributed by atoms with Gasteiger partial charge < -0.3 is 15.4 Å². The van der Waals surface area contributed by atoms with Gasteiger partial charge in [0, 0.05) is 20.2 Å². The van der Waals surface area contributed by atoms with Crippen molar-refractivity contribution in [3.63, 3.8) is 0 Å². The van der Waals surface area contributed by atoms with Gasteiger partial charge in [-0.2, -0.15) is 13.2 Å². The molecular formula is C13H20F3N3O. The van der Waals surface area contributed by atoms with Crippen molar-refractivity contribution in [3.05, 3.63) is 17.7 Å². The second-order valence-corrected chi connectivity index (χ2v) is 4.48. The van der Waals surface area contributed by atoms with Gasteiger partial charge in [-0.1, -0.05) is 6.92 Å². The Morgan fingerprint density at radius 1 is 1.25 bits per heavy atom. The van der Waals surface area contributed by atoms with E-state index in [0.717, 1.165) is 18.6 Å². The lowest BCUT2D eigenvalue weighted by Gasteiger charge is -2.15. The first-order chi connectivity index (χ1) is 9.36. The van der Waals surface area contributed by atoms with Crippen LogP contribution in [-0.4, -0.2) is 31.3 Å². The third-order valence-electron chi connectivity index (χ3n) is 2.68. The average molecular weight is 291 g/mol. The number of nitrogens with one attached hydrogen (secondary N) is 2. The average Bonchev–Trinajstić information content (AvgIpc) is 2.41. The van der Waals surface area contributed by atoms with Crippen LogP contribution >= 0.6 is 0 Å². The third-order valence-corrected chi connectivity index (χ3v) is 2.68. The summed E-state index contributed by atoms with van der Waals surface area (Å²) in [5.74, 6) is 0.400. The summed E-state index contributed by atoms with van der Waals surface area (Å²) in [4.78, 5) is 4.11. The number of pyridine rings is 1. The highest BCUT2D eigenvalue weighted by Gasteiger charge is 2.31. The standard InChI is InChI=1S/C13H20F3N3O/c1-4-5-17-11-6-10(13(14,15)16)7-12(19-11)18-8-9(2)20-3/h6-7,9H,4-5,8H2,1-3H3,(H2,17,18,19). The predicted molar refractivity (Wildman–Crippen MR) is 73.0 cm³/mol. The molecule has 0 amide bonds. The minimum absolute atomic E-state index is 0.113. The molecule has 0 spiro atoms. The van der Waals surface area contributed by atoms with Crippen LogP contribution < -0.4 is 10.6 Å². The Hall–Kier alpha value is -1.50. The van der Waals surface area contributed by atoms with E-state index in [9.17, 15) is 13.2 Å². The Labute approximate surface area is 116 Å². The number of rotatable bonds is 7. The van der Waals surface area contributed by atoms with Crippen LogP contribution in [0, 0.1) is 0 Å². The van der Waals surface area contributed by atoms with Gasteiger partial charge in [-0.15, -0.1) is 0 Å². The van der Waals surface area contributed by atoms with E-state index in [1.54, 1.807) is 7.11 Å². The van der Waals surface area contributed by atoms with Gasteiger partial charge in [-0.3, -0.25) is 0 Å². The first-order valence-electron chi connectivity index (χ1n) is 6.46. The number of methoxy groups -OCH3 is 1. The molecule has 7 heteroatoms. The number of ether oxygens (including phenoxy) is 1. The van der Waals surface area contributed by atoms with E-state index >= 15 is 0 Å². The molecule has 0 aliphatic heterocycles. The number of aromatic nitrogens is 1. The molecule has 0 bridgehead atoms. The van der Waals surface area contributed by atoms with E-state index in [-0.39, 0.29) is 17.7 Å². The maximum absolute atomic E-state index is 12.8. The molecule has 20 heavy (non-hydrogen) atoms.